The van der Waals surface area contributed by atoms with E-state index in [1.54, 1.807) is 18.9 Å². The van der Waals surface area contributed by atoms with Gasteiger partial charge in [-0.3, -0.25) is 4.79 Å². The van der Waals surface area contributed by atoms with Crippen LogP contribution in [0.5, 0.6) is 0 Å². The standard InChI is InChI=1S/C11H21N3O2/c1-4-14(8-9(2)6-12)11(15)5-10(7-13)16-3/h9-10H,4-5,7-8,13H2,1-3H3. The summed E-state index contributed by atoms with van der Waals surface area (Å²) in [5.41, 5.74) is 5.45. The van der Waals surface area contributed by atoms with Crippen LogP contribution in [0.1, 0.15) is 20.3 Å². The fraction of sp³-hybridized carbons (Fsp3) is 0.818. The Morgan fingerprint density at radius 2 is 2.25 bits per heavy atom. The summed E-state index contributed by atoms with van der Waals surface area (Å²) in [5, 5.41) is 8.70. The molecule has 0 saturated heterocycles. The molecule has 0 aromatic heterocycles. The van der Waals surface area contributed by atoms with Crippen molar-refractivity contribution in [1.82, 2.24) is 4.90 Å². The van der Waals surface area contributed by atoms with Crippen LogP contribution in [0.25, 0.3) is 0 Å². The molecule has 0 aliphatic rings. The minimum Gasteiger partial charge on any atom is -0.380 e. The number of carbonyl (C=O) groups is 1. The molecule has 0 spiro atoms. The minimum atomic E-state index is -0.237. The second kappa shape index (κ2) is 8.08. The quantitative estimate of drug-likeness (QED) is 0.681. The second-order valence-electron chi connectivity index (χ2n) is 3.76. The first-order valence-corrected chi connectivity index (χ1v) is 5.49. The van der Waals surface area contributed by atoms with Crippen LogP contribution in [-0.2, 0) is 9.53 Å². The number of ether oxygens (including phenoxy) is 1. The Morgan fingerprint density at radius 1 is 1.62 bits per heavy atom. The zero-order chi connectivity index (χ0) is 12.6. The summed E-state index contributed by atoms with van der Waals surface area (Å²) in [7, 11) is 1.54. The second-order valence-corrected chi connectivity index (χ2v) is 3.76. The highest BCUT2D eigenvalue weighted by molar-refractivity contribution is 5.76. The fourth-order valence-electron chi connectivity index (χ4n) is 1.37. The highest BCUT2D eigenvalue weighted by atomic mass is 16.5. The van der Waals surface area contributed by atoms with Crippen molar-refractivity contribution in [2.24, 2.45) is 11.7 Å². The molecule has 0 radical (unpaired) electrons. The molecule has 16 heavy (non-hydrogen) atoms. The Kier molecular flexibility index (Phi) is 7.52. The van der Waals surface area contributed by atoms with Crippen LogP contribution in [0, 0.1) is 17.2 Å². The van der Waals surface area contributed by atoms with Gasteiger partial charge in [-0.1, -0.05) is 0 Å². The maximum absolute atomic E-state index is 11.8. The summed E-state index contributed by atoms with van der Waals surface area (Å²) >= 11 is 0. The van der Waals surface area contributed by atoms with Gasteiger partial charge in [0.2, 0.25) is 5.91 Å². The third kappa shape index (κ3) is 5.10. The van der Waals surface area contributed by atoms with Gasteiger partial charge in [0.1, 0.15) is 0 Å². The SMILES string of the molecule is CCN(CC(C)C#N)C(=O)CC(CN)OC. The Bertz CT molecular complexity index is 246. The van der Waals surface area contributed by atoms with Crippen molar-refractivity contribution in [3.05, 3.63) is 0 Å². The maximum atomic E-state index is 11.8. The lowest BCUT2D eigenvalue weighted by atomic mass is 10.1. The topological polar surface area (TPSA) is 79.4 Å². The molecule has 2 atom stereocenters. The lowest BCUT2D eigenvalue weighted by Crippen LogP contribution is -2.38. The van der Waals surface area contributed by atoms with Crippen molar-refractivity contribution in [1.29, 1.82) is 5.26 Å². The molecule has 0 aliphatic carbocycles. The van der Waals surface area contributed by atoms with E-state index in [0.717, 1.165) is 0 Å². The zero-order valence-corrected chi connectivity index (χ0v) is 10.3. The summed E-state index contributed by atoms with van der Waals surface area (Å²) < 4.78 is 5.06. The third-order valence-corrected chi connectivity index (χ3v) is 2.45. The van der Waals surface area contributed by atoms with Crippen LogP contribution in [0.3, 0.4) is 0 Å². The number of nitrogens with zero attached hydrogens (tertiary/aromatic N) is 2. The van der Waals surface area contributed by atoms with Crippen LogP contribution in [-0.4, -0.2) is 43.7 Å². The molecule has 0 aromatic carbocycles. The van der Waals surface area contributed by atoms with Crippen LogP contribution in [0.15, 0.2) is 0 Å². The molecule has 0 rings (SSSR count). The molecule has 0 bridgehead atoms. The van der Waals surface area contributed by atoms with E-state index in [9.17, 15) is 4.79 Å². The minimum absolute atomic E-state index is 0.0121. The summed E-state index contributed by atoms with van der Waals surface area (Å²) in [6.07, 6.45) is 0.0397. The number of amides is 1. The number of methoxy groups -OCH3 is 1. The van der Waals surface area contributed by atoms with E-state index in [1.807, 2.05) is 6.92 Å². The Balaban J connectivity index is 4.26. The van der Waals surface area contributed by atoms with Gasteiger partial charge in [-0.05, 0) is 13.8 Å². The summed E-state index contributed by atoms with van der Waals surface area (Å²) in [6.45, 7) is 5.09. The Morgan fingerprint density at radius 3 is 2.62 bits per heavy atom. The third-order valence-electron chi connectivity index (χ3n) is 2.45. The average molecular weight is 227 g/mol. The number of carbonyl (C=O) groups excluding carboxylic acids is 1. The van der Waals surface area contributed by atoms with E-state index in [1.165, 1.54) is 0 Å². The highest BCUT2D eigenvalue weighted by Gasteiger charge is 2.18. The monoisotopic (exact) mass is 227 g/mol. The van der Waals surface area contributed by atoms with Gasteiger partial charge in [0.15, 0.2) is 0 Å². The van der Waals surface area contributed by atoms with Crippen molar-refractivity contribution in [2.45, 2.75) is 26.4 Å². The molecule has 1 amide bonds. The molecule has 92 valence electrons. The molecule has 0 saturated carbocycles. The normalized spacial score (nSPS) is 13.9. The molecule has 0 fully saturated rings. The Labute approximate surface area is 97.2 Å². The molecular weight excluding hydrogens is 206 g/mol. The number of nitrogens with two attached hydrogens (primary N) is 1. The molecule has 0 heterocycles. The van der Waals surface area contributed by atoms with Crippen molar-refractivity contribution in [3.8, 4) is 6.07 Å². The van der Waals surface area contributed by atoms with Crippen molar-refractivity contribution < 1.29 is 9.53 Å². The lowest BCUT2D eigenvalue weighted by Gasteiger charge is -2.23. The molecule has 5 nitrogen and oxygen atoms in total. The van der Waals surface area contributed by atoms with Gasteiger partial charge in [0.05, 0.1) is 24.5 Å². The summed E-state index contributed by atoms with van der Waals surface area (Å²) in [5.74, 6) is -0.162. The van der Waals surface area contributed by atoms with E-state index in [4.69, 9.17) is 15.7 Å². The number of hydrogen-bond acceptors (Lipinski definition) is 4. The molecule has 0 aliphatic heterocycles. The van der Waals surface area contributed by atoms with Gasteiger partial charge < -0.3 is 15.4 Å². The van der Waals surface area contributed by atoms with Gasteiger partial charge in [-0.2, -0.15) is 5.26 Å². The van der Waals surface area contributed by atoms with E-state index >= 15 is 0 Å². The molecule has 0 aromatic rings. The molecule has 5 heteroatoms. The zero-order valence-electron chi connectivity index (χ0n) is 10.3. The predicted molar refractivity (Wildman–Crippen MR) is 61.5 cm³/mol. The van der Waals surface area contributed by atoms with Crippen molar-refractivity contribution in [2.75, 3.05) is 26.7 Å². The van der Waals surface area contributed by atoms with Gasteiger partial charge >= 0.3 is 0 Å². The first-order valence-electron chi connectivity index (χ1n) is 5.49. The van der Waals surface area contributed by atoms with Crippen molar-refractivity contribution in [3.63, 3.8) is 0 Å². The van der Waals surface area contributed by atoms with E-state index < -0.39 is 0 Å². The largest absolute Gasteiger partial charge is 0.380 e. The first-order chi connectivity index (χ1) is 7.58. The smallest absolute Gasteiger partial charge is 0.225 e. The van der Waals surface area contributed by atoms with Gasteiger partial charge in [-0.25, -0.2) is 0 Å². The maximum Gasteiger partial charge on any atom is 0.225 e. The number of rotatable bonds is 7. The average Bonchev–Trinajstić information content (AvgIpc) is 2.31. The van der Waals surface area contributed by atoms with Crippen LogP contribution in [0.4, 0.5) is 0 Å². The van der Waals surface area contributed by atoms with Crippen molar-refractivity contribution >= 4 is 5.91 Å². The van der Waals surface area contributed by atoms with E-state index in [2.05, 4.69) is 6.07 Å². The van der Waals surface area contributed by atoms with Crippen LogP contribution < -0.4 is 5.73 Å². The fourth-order valence-corrected chi connectivity index (χ4v) is 1.37. The van der Waals surface area contributed by atoms with Gasteiger partial charge in [0, 0.05) is 26.7 Å². The lowest BCUT2D eigenvalue weighted by molar-refractivity contribution is -0.133. The molecule has 2 unspecified atom stereocenters. The summed E-state index contributed by atoms with van der Waals surface area (Å²) in [4.78, 5) is 13.5. The molecule has 2 N–H and O–H groups in total. The highest BCUT2D eigenvalue weighted by Crippen LogP contribution is 2.04. The first kappa shape index (κ1) is 14.9. The summed E-state index contributed by atoms with van der Waals surface area (Å²) in [6, 6.07) is 2.12. The Hall–Kier alpha value is -1.12. The predicted octanol–water partition coefficient (Wildman–Crippen LogP) is 0.358. The van der Waals surface area contributed by atoms with Gasteiger partial charge in [-0.15, -0.1) is 0 Å². The number of nitriles is 1. The van der Waals surface area contributed by atoms with Crippen LogP contribution >= 0.6 is 0 Å². The van der Waals surface area contributed by atoms with Gasteiger partial charge in [0.25, 0.3) is 0 Å². The van der Waals surface area contributed by atoms with Crippen LogP contribution in [0.2, 0.25) is 0 Å². The van der Waals surface area contributed by atoms with E-state index in [0.29, 0.717) is 19.6 Å². The van der Waals surface area contributed by atoms with E-state index in [-0.39, 0.29) is 24.3 Å². The molecular formula is C11H21N3O2. The number of hydrogen-bond donors (Lipinski definition) is 1.